The molecule has 0 aliphatic carbocycles. The van der Waals surface area contributed by atoms with E-state index in [0.29, 0.717) is 17.9 Å². The minimum atomic E-state index is -1.02. The second kappa shape index (κ2) is 12.1. The van der Waals surface area contributed by atoms with Gasteiger partial charge in [-0.25, -0.2) is 0 Å². The van der Waals surface area contributed by atoms with Gasteiger partial charge < -0.3 is 29.6 Å². The van der Waals surface area contributed by atoms with Crippen LogP contribution in [0.5, 0.6) is 0 Å². The number of nitrogens with zero attached hydrogens (tertiary/aromatic N) is 3. The summed E-state index contributed by atoms with van der Waals surface area (Å²) in [6.07, 6.45) is 0.869. The highest BCUT2D eigenvalue weighted by molar-refractivity contribution is 7.99. The van der Waals surface area contributed by atoms with Gasteiger partial charge in [-0.15, -0.1) is 10.2 Å². The van der Waals surface area contributed by atoms with Crippen LogP contribution in [0.15, 0.2) is 60.0 Å². The number of carboxylic acid groups (broad SMARTS) is 1. The molecule has 1 amide bonds. The van der Waals surface area contributed by atoms with Crippen molar-refractivity contribution < 1.29 is 29.3 Å². The lowest BCUT2D eigenvalue weighted by molar-refractivity contribution is -0.245. The molecule has 4 rings (SSSR count). The molecule has 3 N–H and O–H groups in total. The van der Waals surface area contributed by atoms with Gasteiger partial charge in [0.05, 0.1) is 25.2 Å². The number of amides is 1. The summed E-state index contributed by atoms with van der Waals surface area (Å²) in [5, 5.41) is 29.7. The number of aliphatic hydroxyl groups excluding tert-OH is 1. The lowest BCUT2D eigenvalue weighted by Crippen LogP contribution is -2.31. The molecule has 2 aromatic carbocycles. The van der Waals surface area contributed by atoms with Crippen LogP contribution >= 0.6 is 11.8 Å². The molecule has 3 aromatic rings. The summed E-state index contributed by atoms with van der Waals surface area (Å²) in [5.41, 5.74) is 3.07. The van der Waals surface area contributed by atoms with E-state index in [2.05, 4.69) is 15.5 Å². The number of aliphatic hydroxyl groups is 1. The number of ether oxygens (including phenoxy) is 2. The Morgan fingerprint density at radius 2 is 1.94 bits per heavy atom. The smallest absolute Gasteiger partial charge is 0.303 e. The predicted molar refractivity (Wildman–Crippen MR) is 132 cm³/mol. The normalized spacial score (nSPS) is 19.7. The van der Waals surface area contributed by atoms with E-state index in [1.165, 1.54) is 0 Å². The van der Waals surface area contributed by atoms with Gasteiger partial charge in [-0.1, -0.05) is 48.2 Å². The van der Waals surface area contributed by atoms with E-state index in [-0.39, 0.29) is 37.6 Å². The van der Waals surface area contributed by atoms with Gasteiger partial charge in [0.25, 0.3) is 0 Å². The van der Waals surface area contributed by atoms with Gasteiger partial charge >= 0.3 is 5.97 Å². The van der Waals surface area contributed by atoms with Crippen molar-refractivity contribution >= 4 is 29.3 Å². The maximum atomic E-state index is 12.1. The summed E-state index contributed by atoms with van der Waals surface area (Å²) in [4.78, 5) is 22.8. The molecule has 0 bridgehead atoms. The molecule has 190 valence electrons. The van der Waals surface area contributed by atoms with Gasteiger partial charge in [0, 0.05) is 36.9 Å². The topological polar surface area (TPSA) is 136 Å². The number of rotatable bonds is 10. The fraction of sp³-hybridized carbons (Fsp3) is 0.360. The van der Waals surface area contributed by atoms with Crippen molar-refractivity contribution in [1.29, 1.82) is 0 Å². The summed E-state index contributed by atoms with van der Waals surface area (Å²) in [6, 6.07) is 14.8. The monoisotopic (exact) mass is 512 g/mol. The van der Waals surface area contributed by atoms with Crippen LogP contribution in [0.2, 0.25) is 0 Å². The maximum Gasteiger partial charge on any atom is 0.303 e. The zero-order valence-electron chi connectivity index (χ0n) is 19.7. The zero-order valence-corrected chi connectivity index (χ0v) is 20.6. The molecule has 0 spiro atoms. The third-order valence-corrected chi connectivity index (χ3v) is 6.86. The number of thioether (sulfide) groups is 1. The Morgan fingerprint density at radius 1 is 1.14 bits per heavy atom. The van der Waals surface area contributed by atoms with E-state index in [4.69, 9.17) is 14.6 Å². The van der Waals surface area contributed by atoms with Crippen molar-refractivity contribution in [3.05, 3.63) is 71.5 Å². The Morgan fingerprint density at radius 3 is 2.64 bits per heavy atom. The fourth-order valence-electron chi connectivity index (χ4n) is 3.80. The molecule has 3 unspecified atom stereocenters. The Balaban J connectivity index is 1.51. The lowest BCUT2D eigenvalue weighted by Gasteiger charge is -2.36. The maximum absolute atomic E-state index is 12.1. The first kappa shape index (κ1) is 25.8. The number of hydrogen-bond acceptors (Lipinski definition) is 8. The Kier molecular flexibility index (Phi) is 8.70. The second-order valence-corrected chi connectivity index (χ2v) is 9.44. The van der Waals surface area contributed by atoms with Crippen LogP contribution in [0.3, 0.4) is 0 Å². The van der Waals surface area contributed by atoms with Crippen molar-refractivity contribution in [1.82, 2.24) is 14.8 Å². The molecule has 0 saturated carbocycles. The fourth-order valence-corrected chi connectivity index (χ4v) is 4.71. The van der Waals surface area contributed by atoms with Gasteiger partial charge in [-0.2, -0.15) is 0 Å². The van der Waals surface area contributed by atoms with Crippen LogP contribution in [0.4, 0.5) is 5.69 Å². The molecule has 1 saturated heterocycles. The van der Waals surface area contributed by atoms with Gasteiger partial charge in [-0.05, 0) is 23.3 Å². The zero-order chi connectivity index (χ0) is 25.5. The summed E-state index contributed by atoms with van der Waals surface area (Å²) >= 11 is 1.55. The van der Waals surface area contributed by atoms with Crippen LogP contribution in [0.1, 0.15) is 48.3 Å². The molecular formula is C25H28N4O6S. The highest BCUT2D eigenvalue weighted by Gasteiger charge is 2.32. The summed E-state index contributed by atoms with van der Waals surface area (Å²) in [6.45, 7) is -0.0283. The lowest BCUT2D eigenvalue weighted by atomic mass is 10.0. The minimum Gasteiger partial charge on any atom is -0.481 e. The number of carbonyl (C=O) groups excluding carboxylic acids is 1. The number of carboxylic acids is 1. The number of aliphatic carboxylic acids is 1. The predicted octanol–water partition coefficient (Wildman–Crippen LogP) is 3.45. The highest BCUT2D eigenvalue weighted by atomic mass is 32.2. The first-order chi connectivity index (χ1) is 17.4. The molecule has 2 heterocycles. The molecule has 11 heteroatoms. The third kappa shape index (κ3) is 6.91. The largest absolute Gasteiger partial charge is 0.481 e. The number of aryl methyl sites for hydroxylation is 1. The van der Waals surface area contributed by atoms with Crippen molar-refractivity contribution in [2.45, 2.75) is 49.5 Å². The van der Waals surface area contributed by atoms with E-state index in [1.54, 1.807) is 36.3 Å². The average molecular weight is 513 g/mol. The van der Waals surface area contributed by atoms with Crippen LogP contribution in [-0.4, -0.2) is 48.7 Å². The minimum absolute atomic E-state index is 0.0283. The van der Waals surface area contributed by atoms with E-state index < -0.39 is 12.3 Å². The first-order valence-electron chi connectivity index (χ1n) is 11.5. The molecule has 1 aliphatic rings. The molecule has 1 fully saturated rings. The summed E-state index contributed by atoms with van der Waals surface area (Å²) in [7, 11) is 1.89. The first-order valence-corrected chi connectivity index (χ1v) is 12.5. The van der Waals surface area contributed by atoms with Crippen molar-refractivity contribution in [2.75, 3.05) is 11.1 Å². The van der Waals surface area contributed by atoms with Crippen molar-refractivity contribution in [2.24, 2.45) is 7.05 Å². The van der Waals surface area contributed by atoms with Gasteiger partial charge in [-0.3, -0.25) is 9.59 Å². The second-order valence-electron chi connectivity index (χ2n) is 8.45. The van der Waals surface area contributed by atoms with E-state index in [9.17, 15) is 14.7 Å². The number of benzene rings is 2. The Hall–Kier alpha value is -3.25. The summed E-state index contributed by atoms with van der Waals surface area (Å²) in [5.74, 6) is -0.755. The number of anilines is 1. The van der Waals surface area contributed by atoms with Crippen LogP contribution in [-0.2, 0) is 32.7 Å². The highest BCUT2D eigenvalue weighted by Crippen LogP contribution is 2.39. The van der Waals surface area contributed by atoms with Crippen molar-refractivity contribution in [3.8, 4) is 0 Å². The molecule has 3 atom stereocenters. The number of nitrogens with one attached hydrogen (secondary N) is 1. The Bertz CT molecular complexity index is 1190. The summed E-state index contributed by atoms with van der Waals surface area (Å²) < 4.78 is 14.5. The van der Waals surface area contributed by atoms with Gasteiger partial charge in [0.15, 0.2) is 11.4 Å². The van der Waals surface area contributed by atoms with Crippen LogP contribution < -0.4 is 5.32 Å². The van der Waals surface area contributed by atoms with Gasteiger partial charge in [0.2, 0.25) is 5.91 Å². The van der Waals surface area contributed by atoms with Crippen molar-refractivity contribution in [3.63, 3.8) is 0 Å². The quantitative estimate of drug-likeness (QED) is 0.349. The van der Waals surface area contributed by atoms with E-state index >= 15 is 0 Å². The molecule has 0 radical (unpaired) electrons. The average Bonchev–Trinajstić information content (AvgIpc) is 3.30. The molecule has 10 nitrogen and oxygen atoms in total. The molecule has 1 aromatic heterocycles. The molecule has 1 aliphatic heterocycles. The van der Waals surface area contributed by atoms with E-state index in [0.717, 1.165) is 21.8 Å². The third-order valence-electron chi connectivity index (χ3n) is 5.69. The van der Waals surface area contributed by atoms with Gasteiger partial charge in [0.1, 0.15) is 6.33 Å². The molecule has 36 heavy (non-hydrogen) atoms. The SMILES string of the molecule is Cn1cnnc1SCC1CC(c2ccc(CO)cc2)OC(c2cccc(NC(=O)CCC(=O)O)c2)O1. The standard InChI is InChI=1S/C25H28N4O6S/c1-29-15-26-28-25(29)36-14-20-12-21(17-7-5-16(13-30)6-8-17)35-24(34-20)18-3-2-4-19(11-18)27-22(31)9-10-23(32)33/h2-8,11,15,20-21,24,30H,9-10,12-14H2,1H3,(H,27,31)(H,32,33). The Labute approximate surface area is 212 Å². The van der Waals surface area contributed by atoms with Crippen LogP contribution in [0.25, 0.3) is 0 Å². The van der Waals surface area contributed by atoms with Crippen LogP contribution in [0, 0.1) is 0 Å². The molecular weight excluding hydrogens is 484 g/mol. The van der Waals surface area contributed by atoms with E-state index in [1.807, 2.05) is 41.9 Å². The number of aromatic nitrogens is 3. The number of hydrogen-bond donors (Lipinski definition) is 3. The number of carbonyl (C=O) groups is 2.